The zero-order valence-electron chi connectivity index (χ0n) is 15.2. The summed E-state index contributed by atoms with van der Waals surface area (Å²) in [6, 6.07) is 9.28. The quantitative estimate of drug-likeness (QED) is 0.598. The average Bonchev–Trinajstić information content (AvgIpc) is 3.31. The second kappa shape index (κ2) is 6.60. The van der Waals surface area contributed by atoms with Crippen molar-refractivity contribution in [3.63, 3.8) is 0 Å². The van der Waals surface area contributed by atoms with Crippen molar-refractivity contribution in [3.8, 4) is 5.69 Å². The molecule has 0 saturated carbocycles. The average molecular weight is 362 g/mol. The number of anilines is 1. The first-order valence-electron chi connectivity index (χ1n) is 8.52. The Kier molecular flexibility index (Phi) is 4.11. The van der Waals surface area contributed by atoms with E-state index in [1.165, 1.54) is 6.33 Å². The number of hydrogen-bond acceptors (Lipinski definition) is 6. The Morgan fingerprint density at radius 1 is 1.19 bits per heavy atom. The van der Waals surface area contributed by atoms with Crippen molar-refractivity contribution in [1.29, 1.82) is 0 Å². The Hall–Kier alpha value is -3.62. The molecule has 4 aromatic rings. The molecule has 0 atom stereocenters. The predicted octanol–water partition coefficient (Wildman–Crippen LogP) is 2.55. The van der Waals surface area contributed by atoms with Crippen LogP contribution in [0, 0.1) is 6.92 Å². The summed E-state index contributed by atoms with van der Waals surface area (Å²) in [5, 5.41) is 19.1. The van der Waals surface area contributed by atoms with E-state index in [9.17, 15) is 4.79 Å². The number of tetrazole rings is 1. The molecule has 1 N–H and O–H groups in total. The molecular weight excluding hydrogens is 344 g/mol. The van der Waals surface area contributed by atoms with Crippen LogP contribution in [0.5, 0.6) is 0 Å². The zero-order valence-corrected chi connectivity index (χ0v) is 15.2. The fourth-order valence-corrected chi connectivity index (χ4v) is 2.85. The SMILES string of the molecule is Cc1nc2c(cnn2C(C)C)cc1C(=O)Nc1ccc(-n2cnnn2)cc1. The van der Waals surface area contributed by atoms with Gasteiger partial charge in [0.1, 0.15) is 6.33 Å². The number of amides is 1. The predicted molar refractivity (Wildman–Crippen MR) is 99.8 cm³/mol. The third-order valence-corrected chi connectivity index (χ3v) is 4.23. The van der Waals surface area contributed by atoms with Crippen LogP contribution in [-0.2, 0) is 0 Å². The number of carbonyl (C=O) groups is 1. The van der Waals surface area contributed by atoms with E-state index in [-0.39, 0.29) is 11.9 Å². The summed E-state index contributed by atoms with van der Waals surface area (Å²) in [7, 11) is 0. The van der Waals surface area contributed by atoms with E-state index in [1.807, 2.05) is 43.7 Å². The molecule has 0 spiro atoms. The summed E-state index contributed by atoms with van der Waals surface area (Å²) in [6.45, 7) is 5.92. The Morgan fingerprint density at radius 3 is 2.63 bits per heavy atom. The second-order valence-corrected chi connectivity index (χ2v) is 6.47. The number of benzene rings is 1. The Morgan fingerprint density at radius 2 is 1.96 bits per heavy atom. The van der Waals surface area contributed by atoms with Crippen LogP contribution in [0.3, 0.4) is 0 Å². The number of aromatic nitrogens is 7. The number of aryl methyl sites for hydroxylation is 1. The Bertz CT molecular complexity index is 1100. The Labute approximate surface area is 155 Å². The van der Waals surface area contributed by atoms with E-state index in [4.69, 9.17) is 0 Å². The first-order valence-corrected chi connectivity index (χ1v) is 8.52. The van der Waals surface area contributed by atoms with Crippen LogP contribution in [0.25, 0.3) is 16.7 Å². The monoisotopic (exact) mass is 362 g/mol. The largest absolute Gasteiger partial charge is 0.322 e. The zero-order chi connectivity index (χ0) is 19.0. The minimum absolute atomic E-state index is 0.202. The van der Waals surface area contributed by atoms with Gasteiger partial charge in [0.05, 0.1) is 23.1 Å². The van der Waals surface area contributed by atoms with E-state index >= 15 is 0 Å². The molecule has 1 aromatic carbocycles. The van der Waals surface area contributed by atoms with E-state index in [0.717, 1.165) is 16.7 Å². The summed E-state index contributed by atoms with van der Waals surface area (Å²) < 4.78 is 3.39. The van der Waals surface area contributed by atoms with Crippen LogP contribution < -0.4 is 5.32 Å². The van der Waals surface area contributed by atoms with Gasteiger partial charge in [-0.1, -0.05) is 0 Å². The highest BCUT2D eigenvalue weighted by Crippen LogP contribution is 2.20. The summed E-state index contributed by atoms with van der Waals surface area (Å²) in [5.41, 5.74) is 3.44. The lowest BCUT2D eigenvalue weighted by atomic mass is 10.1. The molecular formula is C18H18N8O. The van der Waals surface area contributed by atoms with Gasteiger partial charge in [-0.25, -0.2) is 14.3 Å². The maximum absolute atomic E-state index is 12.7. The fraction of sp³-hybridized carbons (Fsp3) is 0.222. The molecule has 0 bridgehead atoms. The number of rotatable bonds is 4. The van der Waals surface area contributed by atoms with E-state index in [1.54, 1.807) is 23.0 Å². The van der Waals surface area contributed by atoms with Gasteiger partial charge in [-0.3, -0.25) is 4.79 Å². The molecule has 0 aliphatic carbocycles. The second-order valence-electron chi connectivity index (χ2n) is 6.47. The Balaban J connectivity index is 1.58. The topological polar surface area (TPSA) is 103 Å². The van der Waals surface area contributed by atoms with Crippen LogP contribution in [0.15, 0.2) is 42.9 Å². The summed E-state index contributed by atoms with van der Waals surface area (Å²) in [5.74, 6) is -0.214. The third-order valence-electron chi connectivity index (χ3n) is 4.23. The lowest BCUT2D eigenvalue weighted by Gasteiger charge is -2.10. The molecule has 3 aromatic heterocycles. The van der Waals surface area contributed by atoms with Crippen molar-refractivity contribution in [1.82, 2.24) is 35.0 Å². The standard InChI is InChI=1S/C18H18N8O/c1-11(2)26-17-13(9-20-26)8-16(12(3)21-17)18(27)22-14-4-6-15(7-5-14)25-10-19-23-24-25/h4-11H,1-3H3,(H,22,27). The highest BCUT2D eigenvalue weighted by atomic mass is 16.1. The molecule has 0 unspecified atom stereocenters. The van der Waals surface area contributed by atoms with Crippen molar-refractivity contribution in [2.24, 2.45) is 0 Å². The number of fused-ring (bicyclic) bond motifs is 1. The summed E-state index contributed by atoms with van der Waals surface area (Å²) >= 11 is 0. The van der Waals surface area contributed by atoms with Crippen molar-refractivity contribution >= 4 is 22.6 Å². The highest BCUT2D eigenvalue weighted by Gasteiger charge is 2.15. The van der Waals surface area contributed by atoms with Gasteiger partial charge in [0.25, 0.3) is 5.91 Å². The van der Waals surface area contributed by atoms with Gasteiger partial charge in [0, 0.05) is 17.1 Å². The summed E-state index contributed by atoms with van der Waals surface area (Å²) in [6.07, 6.45) is 3.24. The third kappa shape index (κ3) is 3.14. The van der Waals surface area contributed by atoms with Gasteiger partial charge in [0.2, 0.25) is 0 Å². The van der Waals surface area contributed by atoms with Gasteiger partial charge in [-0.05, 0) is 61.5 Å². The van der Waals surface area contributed by atoms with E-state index in [0.29, 0.717) is 16.9 Å². The maximum Gasteiger partial charge on any atom is 0.257 e. The van der Waals surface area contributed by atoms with Crippen LogP contribution in [-0.4, -0.2) is 40.9 Å². The molecule has 9 nitrogen and oxygen atoms in total. The first kappa shape index (κ1) is 16.8. The molecule has 0 radical (unpaired) electrons. The van der Waals surface area contributed by atoms with Gasteiger partial charge < -0.3 is 5.32 Å². The smallest absolute Gasteiger partial charge is 0.257 e. The molecule has 1 amide bonds. The minimum atomic E-state index is -0.214. The van der Waals surface area contributed by atoms with Crippen LogP contribution in [0.1, 0.15) is 35.9 Å². The molecule has 136 valence electrons. The van der Waals surface area contributed by atoms with E-state index < -0.39 is 0 Å². The van der Waals surface area contributed by atoms with Crippen LogP contribution in [0.4, 0.5) is 5.69 Å². The fourth-order valence-electron chi connectivity index (χ4n) is 2.85. The molecule has 0 saturated heterocycles. The number of nitrogens with zero attached hydrogens (tertiary/aromatic N) is 7. The number of nitrogens with one attached hydrogen (secondary N) is 1. The maximum atomic E-state index is 12.7. The van der Waals surface area contributed by atoms with Gasteiger partial charge >= 0.3 is 0 Å². The van der Waals surface area contributed by atoms with Gasteiger partial charge in [-0.2, -0.15) is 5.10 Å². The molecule has 3 heterocycles. The minimum Gasteiger partial charge on any atom is -0.322 e. The van der Waals surface area contributed by atoms with Crippen molar-refractivity contribution in [2.45, 2.75) is 26.8 Å². The van der Waals surface area contributed by atoms with Crippen molar-refractivity contribution < 1.29 is 4.79 Å². The molecule has 4 rings (SSSR count). The number of pyridine rings is 1. The van der Waals surface area contributed by atoms with Crippen molar-refractivity contribution in [2.75, 3.05) is 5.32 Å². The van der Waals surface area contributed by atoms with Crippen LogP contribution >= 0.6 is 0 Å². The molecule has 9 heteroatoms. The molecule has 0 aliphatic rings. The van der Waals surface area contributed by atoms with Crippen molar-refractivity contribution in [3.05, 3.63) is 54.1 Å². The molecule has 27 heavy (non-hydrogen) atoms. The lowest BCUT2D eigenvalue weighted by Crippen LogP contribution is -2.14. The number of hydrogen-bond donors (Lipinski definition) is 1. The first-order chi connectivity index (χ1) is 13.0. The number of carbonyl (C=O) groups excluding carboxylic acids is 1. The molecule has 0 fully saturated rings. The highest BCUT2D eigenvalue weighted by molar-refractivity contribution is 6.06. The van der Waals surface area contributed by atoms with E-state index in [2.05, 4.69) is 30.9 Å². The van der Waals surface area contributed by atoms with Gasteiger partial charge in [-0.15, -0.1) is 5.10 Å². The lowest BCUT2D eigenvalue weighted by molar-refractivity contribution is 0.102. The van der Waals surface area contributed by atoms with Crippen LogP contribution in [0.2, 0.25) is 0 Å². The normalized spacial score (nSPS) is 11.3. The molecule has 0 aliphatic heterocycles. The summed E-state index contributed by atoms with van der Waals surface area (Å²) in [4.78, 5) is 17.3. The van der Waals surface area contributed by atoms with Gasteiger partial charge in [0.15, 0.2) is 5.65 Å².